The number of nitrogens with two attached hydrogens (primary N) is 1. The minimum atomic E-state index is -0.757. The molecule has 2 atom stereocenters. The number of hydrogen-bond acceptors (Lipinski definition) is 8. The summed E-state index contributed by atoms with van der Waals surface area (Å²) in [5, 5.41) is 5.82. The van der Waals surface area contributed by atoms with Crippen molar-refractivity contribution >= 4 is 28.9 Å². The highest BCUT2D eigenvalue weighted by Crippen LogP contribution is 2.27. The van der Waals surface area contributed by atoms with E-state index < -0.39 is 23.1 Å². The topological polar surface area (TPSA) is 144 Å². The highest BCUT2D eigenvalue weighted by molar-refractivity contribution is 5.87. The van der Waals surface area contributed by atoms with Gasteiger partial charge in [-0.25, -0.2) is 9.18 Å². The maximum absolute atomic E-state index is 13.7. The standard InChI is InChI=1S/C24H30FN7O4/c1-13(7-6-8-19(26)17-9-18(25)15(3)27-10-17)29-22(34)16(4)32-12-28-21-20(32)23(35)31(11-14(2)33)24(36)30(21)5/h6-10,13,16,28H,11-12,26H2,1-5H3,(H,29,34)/b7-6-,19-8-/t13?,16-/m0/s1. The first kappa shape index (κ1) is 26.4. The largest absolute Gasteiger partial charge is 0.398 e. The van der Waals surface area contributed by atoms with Crippen LogP contribution in [0.25, 0.3) is 5.70 Å². The van der Waals surface area contributed by atoms with Crippen molar-refractivity contribution in [1.29, 1.82) is 0 Å². The zero-order valence-corrected chi connectivity index (χ0v) is 20.8. The molecule has 1 unspecified atom stereocenters. The number of rotatable bonds is 8. The normalized spacial score (nSPS) is 14.9. The van der Waals surface area contributed by atoms with Crippen LogP contribution in [0.2, 0.25) is 0 Å². The Balaban J connectivity index is 1.73. The molecular weight excluding hydrogens is 469 g/mol. The van der Waals surface area contributed by atoms with Crippen LogP contribution in [-0.2, 0) is 23.2 Å². The number of amides is 1. The van der Waals surface area contributed by atoms with E-state index in [-0.39, 0.29) is 42.3 Å². The maximum atomic E-state index is 13.7. The minimum absolute atomic E-state index is 0.140. The van der Waals surface area contributed by atoms with Gasteiger partial charge in [0.2, 0.25) is 5.91 Å². The Morgan fingerprint density at radius 1 is 1.33 bits per heavy atom. The lowest BCUT2D eigenvalue weighted by molar-refractivity contribution is -0.122. The Kier molecular flexibility index (Phi) is 7.76. The van der Waals surface area contributed by atoms with Crippen molar-refractivity contribution in [2.45, 2.75) is 46.3 Å². The van der Waals surface area contributed by atoms with E-state index >= 15 is 0 Å². The minimum Gasteiger partial charge on any atom is -0.398 e. The van der Waals surface area contributed by atoms with E-state index in [4.69, 9.17) is 5.73 Å². The maximum Gasteiger partial charge on any atom is 0.332 e. The van der Waals surface area contributed by atoms with Crippen molar-refractivity contribution in [3.8, 4) is 0 Å². The second-order valence-corrected chi connectivity index (χ2v) is 8.71. The molecule has 2 aromatic heterocycles. The quantitative estimate of drug-likeness (QED) is 0.449. The summed E-state index contributed by atoms with van der Waals surface area (Å²) in [6.07, 6.45) is 6.41. The molecule has 0 saturated heterocycles. The van der Waals surface area contributed by atoms with Gasteiger partial charge in [-0.3, -0.25) is 28.5 Å². The SMILES string of the molecule is CC(=O)Cn1c(=O)c2c(n(C)c1=O)NCN2[C@@H](C)C(=O)NC(C)/C=C\C=C(/N)c1cnc(C)c(F)c1. The van der Waals surface area contributed by atoms with E-state index in [1.807, 2.05) is 0 Å². The van der Waals surface area contributed by atoms with E-state index in [0.717, 1.165) is 4.57 Å². The molecule has 1 aliphatic rings. The van der Waals surface area contributed by atoms with Gasteiger partial charge in [0, 0.05) is 30.5 Å². The van der Waals surface area contributed by atoms with Crippen LogP contribution in [0.3, 0.4) is 0 Å². The molecule has 3 rings (SSSR count). The Labute approximate surface area is 207 Å². The highest BCUT2D eigenvalue weighted by atomic mass is 19.1. The summed E-state index contributed by atoms with van der Waals surface area (Å²) in [7, 11) is 1.49. The first-order valence-corrected chi connectivity index (χ1v) is 11.3. The number of nitrogens with zero attached hydrogens (tertiary/aromatic N) is 4. The molecule has 3 heterocycles. The third-order valence-electron chi connectivity index (χ3n) is 5.86. The molecular formula is C24H30FN7O4. The molecule has 192 valence electrons. The predicted octanol–water partition coefficient (Wildman–Crippen LogP) is 0.617. The molecule has 0 fully saturated rings. The van der Waals surface area contributed by atoms with Gasteiger partial charge in [0.15, 0.2) is 0 Å². The number of hydrogen-bond donors (Lipinski definition) is 3. The van der Waals surface area contributed by atoms with Gasteiger partial charge in [-0.15, -0.1) is 0 Å². The number of anilines is 2. The van der Waals surface area contributed by atoms with Crippen molar-refractivity contribution in [2.75, 3.05) is 16.9 Å². The fourth-order valence-electron chi connectivity index (χ4n) is 3.77. The molecule has 0 saturated carbocycles. The Bertz CT molecular complexity index is 1380. The fourth-order valence-corrected chi connectivity index (χ4v) is 3.77. The van der Waals surface area contributed by atoms with Crippen LogP contribution in [-0.4, -0.2) is 44.6 Å². The van der Waals surface area contributed by atoms with Crippen molar-refractivity contribution in [2.24, 2.45) is 12.8 Å². The number of ketones is 1. The summed E-state index contributed by atoms with van der Waals surface area (Å²) in [4.78, 5) is 55.5. The van der Waals surface area contributed by atoms with Crippen molar-refractivity contribution in [1.82, 2.24) is 19.4 Å². The van der Waals surface area contributed by atoms with Crippen LogP contribution in [0.5, 0.6) is 0 Å². The van der Waals surface area contributed by atoms with E-state index in [1.54, 1.807) is 43.9 Å². The van der Waals surface area contributed by atoms with Crippen LogP contribution in [0.4, 0.5) is 15.9 Å². The number of pyridine rings is 1. The average molecular weight is 500 g/mol. The summed E-state index contributed by atoms with van der Waals surface area (Å²) in [5.74, 6) is -0.847. The third-order valence-corrected chi connectivity index (χ3v) is 5.86. The van der Waals surface area contributed by atoms with Crippen molar-refractivity contribution in [3.63, 3.8) is 0 Å². The number of Topliss-reactive ketones (excluding diaryl/α,β-unsaturated/α-hetero) is 1. The first-order chi connectivity index (χ1) is 16.9. The zero-order chi connectivity index (χ0) is 26.7. The molecule has 12 heteroatoms. The van der Waals surface area contributed by atoms with Gasteiger partial charge in [0.25, 0.3) is 5.56 Å². The first-order valence-electron chi connectivity index (χ1n) is 11.3. The van der Waals surface area contributed by atoms with Gasteiger partial charge in [0.1, 0.15) is 29.1 Å². The van der Waals surface area contributed by atoms with E-state index in [2.05, 4.69) is 15.6 Å². The molecule has 4 N–H and O–H groups in total. The zero-order valence-electron chi connectivity index (χ0n) is 20.8. The Morgan fingerprint density at radius 3 is 2.67 bits per heavy atom. The summed E-state index contributed by atoms with van der Waals surface area (Å²) in [6.45, 7) is 6.04. The smallest absolute Gasteiger partial charge is 0.332 e. The van der Waals surface area contributed by atoms with Crippen molar-refractivity contribution < 1.29 is 14.0 Å². The van der Waals surface area contributed by atoms with Gasteiger partial charge in [-0.05, 0) is 39.8 Å². The number of nitrogens with one attached hydrogen (secondary N) is 2. The summed E-state index contributed by atoms with van der Waals surface area (Å²) >= 11 is 0. The number of halogens is 1. The van der Waals surface area contributed by atoms with Gasteiger partial charge in [-0.1, -0.05) is 12.2 Å². The predicted molar refractivity (Wildman–Crippen MR) is 135 cm³/mol. The number of carbonyl (C=O) groups excluding carboxylic acids is 2. The molecule has 1 aliphatic heterocycles. The van der Waals surface area contributed by atoms with Crippen LogP contribution in [0, 0.1) is 12.7 Å². The molecule has 0 aliphatic carbocycles. The van der Waals surface area contributed by atoms with Gasteiger partial charge in [-0.2, -0.15) is 0 Å². The summed E-state index contributed by atoms with van der Waals surface area (Å²) in [6, 6.07) is 0.158. The van der Waals surface area contributed by atoms with Gasteiger partial charge in [0.05, 0.1) is 18.9 Å². The number of allylic oxidation sites excluding steroid dienone is 2. The third kappa shape index (κ3) is 5.37. The number of aromatic nitrogens is 3. The highest BCUT2D eigenvalue weighted by Gasteiger charge is 2.33. The average Bonchev–Trinajstić information content (AvgIpc) is 3.26. The number of fused-ring (bicyclic) bond motifs is 1. The van der Waals surface area contributed by atoms with Crippen LogP contribution in [0.15, 0.2) is 40.1 Å². The molecule has 2 aromatic rings. The lowest BCUT2D eigenvalue weighted by atomic mass is 10.1. The van der Waals surface area contributed by atoms with Crippen molar-refractivity contribution in [3.05, 3.63) is 68.4 Å². The molecule has 11 nitrogen and oxygen atoms in total. The van der Waals surface area contributed by atoms with E-state index in [0.29, 0.717) is 17.1 Å². The molecule has 0 spiro atoms. The fraction of sp³-hybridized carbons (Fsp3) is 0.375. The summed E-state index contributed by atoms with van der Waals surface area (Å²) in [5.41, 5.74) is 5.92. The second-order valence-electron chi connectivity index (χ2n) is 8.71. The monoisotopic (exact) mass is 499 g/mol. The lowest BCUT2D eigenvalue weighted by Gasteiger charge is -2.25. The number of carbonyl (C=O) groups is 2. The van der Waals surface area contributed by atoms with Crippen LogP contribution < -0.4 is 32.5 Å². The second kappa shape index (κ2) is 10.6. The van der Waals surface area contributed by atoms with Gasteiger partial charge < -0.3 is 21.3 Å². The van der Waals surface area contributed by atoms with Gasteiger partial charge >= 0.3 is 5.69 Å². The molecule has 36 heavy (non-hydrogen) atoms. The van der Waals surface area contributed by atoms with Crippen LogP contribution >= 0.6 is 0 Å². The summed E-state index contributed by atoms with van der Waals surface area (Å²) < 4.78 is 15.8. The Morgan fingerprint density at radius 2 is 2.03 bits per heavy atom. The Hall–Kier alpha value is -4.22. The lowest BCUT2D eigenvalue weighted by Crippen LogP contribution is -2.49. The number of aryl methyl sites for hydroxylation is 1. The molecule has 0 radical (unpaired) electrons. The van der Waals surface area contributed by atoms with Crippen LogP contribution in [0.1, 0.15) is 32.0 Å². The van der Waals surface area contributed by atoms with E-state index in [9.17, 15) is 23.6 Å². The molecule has 1 amide bonds. The molecule has 0 bridgehead atoms. The molecule has 0 aromatic carbocycles. The van der Waals surface area contributed by atoms with E-state index in [1.165, 1.54) is 30.8 Å².